The molecule has 16 aromatic heterocycles. The van der Waals surface area contributed by atoms with Gasteiger partial charge in [-0.25, -0.2) is 69.0 Å². The number of H-pyrrole nitrogens is 4. The molecule has 0 unspecified atom stereocenters. The SMILES string of the molecule is COc1ncc(-c2ccc3ncc4c(=O)[nH]c(=O)n(C5CCN(C(=O)[C@H](C)O)CC5)c4c3n2)cn1.C[C@H](O)C(=O)N1CCC(n2c(=O)[nH]c(=O)c3cnc4ccc(-c5cnc(CO)nc5)nc4c32)CC1.C[C@H](O)C(=O)N1CCC(n2c(=O)[nH]c(=O)c3cnc4ccc(-c5cnc(N)nc5)nc4c32)CC1.[C-]#[N+]c1ncc(-c2ccc3ncc4c(=O)[nH]c(=O)n(C5CCN(C(=O)[C@H](C)O)CC5)c4c3n2)cn1. The van der Waals surface area contributed by atoms with Crippen molar-refractivity contribution >= 4 is 123 Å². The second-order valence-corrected chi connectivity index (χ2v) is 33.5. The summed E-state index contributed by atoms with van der Waals surface area (Å²) in [5.41, 5.74) is 10.8. The maximum absolute atomic E-state index is 13.1. The number of aliphatic hydroxyl groups is 5. The monoisotopic (exact) mass is 1890 g/mol. The van der Waals surface area contributed by atoms with Gasteiger partial charge in [0.25, 0.3) is 45.9 Å². The highest BCUT2D eigenvalue weighted by Crippen LogP contribution is 2.36. The van der Waals surface area contributed by atoms with Crippen molar-refractivity contribution < 1.29 is 49.4 Å². The van der Waals surface area contributed by atoms with Gasteiger partial charge in [0.1, 0.15) is 53.1 Å². The van der Waals surface area contributed by atoms with Gasteiger partial charge in [0.15, 0.2) is 5.82 Å². The summed E-state index contributed by atoms with van der Waals surface area (Å²) < 4.78 is 11.2. The average molecular weight is 1890 g/mol. The molecule has 0 aromatic carbocycles. The van der Waals surface area contributed by atoms with E-state index in [-0.39, 0.29) is 99.7 Å². The highest BCUT2D eigenvalue weighted by Gasteiger charge is 2.35. The van der Waals surface area contributed by atoms with Gasteiger partial charge >= 0.3 is 34.7 Å². The molecule has 139 heavy (non-hydrogen) atoms. The van der Waals surface area contributed by atoms with Gasteiger partial charge < -0.3 is 60.4 Å². The van der Waals surface area contributed by atoms with Crippen LogP contribution in [0, 0.1) is 6.57 Å². The Hall–Kier alpha value is -16.9. The molecule has 48 nitrogen and oxygen atoms in total. The Morgan fingerprint density at radius 2 is 0.612 bits per heavy atom. The number of hydrogen-bond acceptors (Lipinski definition) is 35. The summed E-state index contributed by atoms with van der Waals surface area (Å²) in [7, 11) is 1.47. The van der Waals surface area contributed by atoms with Crippen molar-refractivity contribution in [2.75, 3.05) is 65.2 Å². The third-order valence-corrected chi connectivity index (χ3v) is 24.7. The molecule has 4 amide bonds. The van der Waals surface area contributed by atoms with Gasteiger partial charge in [-0.1, -0.05) is 0 Å². The maximum Gasteiger partial charge on any atom is 0.371 e. The number of rotatable bonds is 14. The predicted molar refractivity (Wildman–Crippen MR) is 501 cm³/mol. The molecular formula is C91H88N30O18. The van der Waals surface area contributed by atoms with E-state index in [1.807, 2.05) is 0 Å². The Morgan fingerprint density at radius 1 is 0.374 bits per heavy atom. The zero-order valence-electron chi connectivity index (χ0n) is 75.0. The standard InChI is InChI=1S/C23H20N8O4.2C23H23N7O5.C22H22N8O4/c1-12(32)21(34)30-7-5-14(6-8-30)31-19-15(20(33)29-23(31)35)11-25-17-4-3-16(28-18(17)19)13-9-26-22(24-2)27-10-13;1-12(31)21(33)29-7-5-14(6-8-29)30-19-15(20(32)28-23(30)34)11-24-17-4-3-16(27-18(17)19)13-9-25-22(35-2)26-10-13;1-12(32)22(34)29-6-4-14(5-7-29)30-20-15(21(33)28-23(30)35)10-24-17-3-2-16(27-19(17)20)13-8-25-18(11-31)26-9-13;1-11(31)20(33)29-6-4-13(5-7-29)30-18-14(19(32)28-22(30)34)10-24-16-3-2-15(27-17(16)18)12-8-25-21(23)26-9-12/h3-4,9-12,14,32H,5-8H2,1H3,(H,29,33,35);3-4,9-12,14,31H,5-8H2,1-2H3,(H,28,32,34);2-3,8-10,12,14,31-32H,4-7,11H2,1H3,(H,28,33,35);2-3,8-11,13,31H,4-7H2,1H3,(H2,23,25,26)(H,28,32,34)/t3*12-;11-/m0000/s1. The van der Waals surface area contributed by atoms with Crippen molar-refractivity contribution in [1.29, 1.82) is 0 Å². The average Bonchev–Trinajstić information content (AvgIpc) is 0.754. The zero-order chi connectivity index (χ0) is 98.1. The number of hydrogen-bond donors (Lipinski definition) is 10. The number of ether oxygens (including phenoxy) is 1. The van der Waals surface area contributed by atoms with Crippen LogP contribution in [0.15, 0.2) is 161 Å². The minimum absolute atomic E-state index is 0.0162. The van der Waals surface area contributed by atoms with Crippen molar-refractivity contribution in [3.05, 3.63) is 223 Å². The van der Waals surface area contributed by atoms with Crippen LogP contribution in [0.1, 0.15) is 109 Å². The molecule has 0 bridgehead atoms. The first-order valence-electron chi connectivity index (χ1n) is 44.2. The third-order valence-electron chi connectivity index (χ3n) is 24.7. The summed E-state index contributed by atoms with van der Waals surface area (Å²) in [6.45, 7) is 15.5. The number of amides is 4. The molecule has 48 heteroatoms. The number of pyridine rings is 8. The van der Waals surface area contributed by atoms with Crippen LogP contribution >= 0.6 is 0 Å². The second-order valence-electron chi connectivity index (χ2n) is 33.5. The number of piperidine rings is 4. The normalized spacial score (nSPS) is 15.5. The fourth-order valence-electron chi connectivity index (χ4n) is 17.7. The number of nitrogens with one attached hydrogen (secondary N) is 4. The molecule has 4 fully saturated rings. The molecule has 0 saturated carbocycles. The van der Waals surface area contributed by atoms with Crippen LogP contribution in [-0.4, -0.2) is 271 Å². The number of nitrogens with zero attached hydrogens (tertiary/aromatic N) is 25. The number of nitrogen functional groups attached to an aromatic ring is 1. The van der Waals surface area contributed by atoms with E-state index in [0.29, 0.717) is 215 Å². The lowest BCUT2D eigenvalue weighted by Gasteiger charge is -2.34. The second kappa shape index (κ2) is 39.6. The number of likely N-dealkylation sites (tertiary alicyclic amines) is 4. The summed E-state index contributed by atoms with van der Waals surface area (Å²) in [4.78, 5) is 239. The molecule has 4 aliphatic heterocycles. The minimum Gasteiger partial charge on any atom is -0.467 e. The minimum atomic E-state index is -1.09. The van der Waals surface area contributed by atoms with E-state index in [2.05, 4.69) is 84.6 Å². The largest absolute Gasteiger partial charge is 0.467 e. The van der Waals surface area contributed by atoms with Crippen molar-refractivity contribution in [2.45, 2.75) is 134 Å². The van der Waals surface area contributed by atoms with Crippen LogP contribution < -0.4 is 55.5 Å². The van der Waals surface area contributed by atoms with Crippen LogP contribution in [0.5, 0.6) is 6.01 Å². The van der Waals surface area contributed by atoms with Gasteiger partial charge in [-0.3, -0.25) is 96.5 Å². The van der Waals surface area contributed by atoms with Gasteiger partial charge in [-0.05, 0) is 128 Å². The van der Waals surface area contributed by atoms with Crippen LogP contribution in [0.2, 0.25) is 0 Å². The first kappa shape index (κ1) is 93.9. The Labute approximate surface area is 780 Å². The summed E-state index contributed by atoms with van der Waals surface area (Å²) in [6, 6.07) is 13.1. The number of carbonyl (C=O) groups is 4. The van der Waals surface area contributed by atoms with Gasteiger partial charge in [-0.15, -0.1) is 6.57 Å². The Bertz CT molecular complexity index is 7860. The molecule has 20 rings (SSSR count). The molecule has 710 valence electrons. The first-order valence-corrected chi connectivity index (χ1v) is 44.2. The molecule has 0 radical (unpaired) electrons. The predicted octanol–water partition coefficient (Wildman–Crippen LogP) is 2.17. The van der Waals surface area contributed by atoms with Crippen molar-refractivity contribution in [1.82, 2.24) is 138 Å². The molecule has 4 aliphatic rings. The van der Waals surface area contributed by atoms with Crippen molar-refractivity contribution in [2.24, 2.45) is 0 Å². The molecule has 20 heterocycles. The molecule has 4 saturated heterocycles. The fourth-order valence-corrected chi connectivity index (χ4v) is 17.7. The number of carbonyl (C=O) groups excluding carboxylic acids is 4. The van der Waals surface area contributed by atoms with E-state index in [9.17, 15) is 83.1 Å². The Kier molecular flexibility index (Phi) is 26.7. The van der Waals surface area contributed by atoms with Gasteiger partial charge in [0.2, 0.25) is 5.95 Å². The van der Waals surface area contributed by atoms with Crippen LogP contribution in [0.4, 0.5) is 11.9 Å². The number of aromatic amines is 4. The Balaban J connectivity index is 0.000000128. The third kappa shape index (κ3) is 18.9. The van der Waals surface area contributed by atoms with E-state index < -0.39 is 69.4 Å². The zero-order valence-corrected chi connectivity index (χ0v) is 75.0. The number of methoxy groups -OCH3 is 1. The highest BCUT2D eigenvalue weighted by molar-refractivity contribution is 6.04. The van der Waals surface area contributed by atoms with E-state index in [0.717, 1.165) is 0 Å². The quantitative estimate of drug-likeness (QED) is 0.0551. The van der Waals surface area contributed by atoms with Gasteiger partial charge in [0, 0.05) is 155 Å². The molecule has 0 aliphatic carbocycles. The number of fused-ring (bicyclic) bond motifs is 12. The molecule has 4 atom stereocenters. The smallest absolute Gasteiger partial charge is 0.371 e. The van der Waals surface area contributed by atoms with Crippen molar-refractivity contribution in [3.8, 4) is 51.0 Å². The van der Waals surface area contributed by atoms with E-state index in [1.54, 1.807) is 114 Å². The van der Waals surface area contributed by atoms with Crippen LogP contribution in [0.3, 0.4) is 0 Å². The number of aliphatic hydroxyl groups excluding tert-OH is 5. The lowest BCUT2D eigenvalue weighted by Crippen LogP contribution is -2.45. The van der Waals surface area contributed by atoms with Crippen molar-refractivity contribution in [3.63, 3.8) is 0 Å². The van der Waals surface area contributed by atoms with E-state index in [1.165, 1.54) is 81.1 Å². The summed E-state index contributed by atoms with van der Waals surface area (Å²) in [5.74, 6) is -0.956. The first-order chi connectivity index (χ1) is 66.9. The Morgan fingerprint density at radius 3 is 0.842 bits per heavy atom. The summed E-state index contributed by atoms with van der Waals surface area (Å²) in [5, 5.41) is 48.6. The van der Waals surface area contributed by atoms with Gasteiger partial charge in [-0.2, -0.15) is 9.97 Å². The van der Waals surface area contributed by atoms with E-state index in [4.69, 9.17) is 37.0 Å². The van der Waals surface area contributed by atoms with Crippen LogP contribution in [-0.2, 0) is 25.8 Å². The van der Waals surface area contributed by atoms with Gasteiger partial charge in [0.05, 0.1) is 114 Å². The topological polar surface area (TPSA) is 648 Å². The fraction of sp³-hybridized carbons (Fsp3) is 0.330. The van der Waals surface area contributed by atoms with E-state index >= 15 is 0 Å². The molecule has 0 spiro atoms. The lowest BCUT2D eigenvalue weighted by atomic mass is 10.0. The van der Waals surface area contributed by atoms with Crippen LogP contribution in [0.25, 0.3) is 138 Å². The maximum atomic E-state index is 13.1. The molecular weight excluding hydrogens is 1800 g/mol. The lowest BCUT2D eigenvalue weighted by molar-refractivity contribution is -0.141. The number of aromatic nitrogens is 24. The molecule has 11 N–H and O–H groups in total. The summed E-state index contributed by atoms with van der Waals surface area (Å²) in [6.07, 6.45) is 17.5. The number of anilines is 1. The number of nitrogens with two attached hydrogens (primary N) is 1. The summed E-state index contributed by atoms with van der Waals surface area (Å²) >= 11 is 0. The molecule has 16 aromatic rings. The highest BCUT2D eigenvalue weighted by atomic mass is 16.5.